The van der Waals surface area contributed by atoms with Gasteiger partial charge in [0.25, 0.3) is 0 Å². The molecule has 2 aromatic carbocycles. The molecule has 6 rings (SSSR count). The molecular weight excluding hydrogens is 304 g/mol. The third kappa shape index (κ3) is 3.65. The fourth-order valence-corrected chi connectivity index (χ4v) is 3.00. The number of carbonyl (C=O) groups is 2. The predicted octanol–water partition coefficient (Wildman–Crippen LogP) is 3.69. The summed E-state index contributed by atoms with van der Waals surface area (Å²) in [6.07, 6.45) is 0.549. The average Bonchev–Trinajstić information content (AvgIpc) is 2.56. The van der Waals surface area contributed by atoms with E-state index in [0.717, 1.165) is 24.0 Å². The quantitative estimate of drug-likeness (QED) is 0.791. The SMILES string of the molecule is CC(=O)O[C@H]1c2ccc(cc2)CCc2ccc(cc2)[C@@H]1OC(C)=O. The Kier molecular flexibility index (Phi) is 4.65. The van der Waals surface area contributed by atoms with Crippen molar-refractivity contribution in [2.45, 2.75) is 38.9 Å². The number of esters is 2. The van der Waals surface area contributed by atoms with Crippen molar-refractivity contribution in [3.05, 3.63) is 70.8 Å². The molecule has 0 unspecified atom stereocenters. The molecule has 0 fully saturated rings. The van der Waals surface area contributed by atoms with Gasteiger partial charge in [0.15, 0.2) is 12.2 Å². The van der Waals surface area contributed by atoms with Gasteiger partial charge in [-0.1, -0.05) is 48.5 Å². The minimum atomic E-state index is -0.675. The van der Waals surface area contributed by atoms with E-state index in [-0.39, 0.29) is 0 Å². The van der Waals surface area contributed by atoms with Gasteiger partial charge in [0.2, 0.25) is 0 Å². The molecule has 0 heterocycles. The van der Waals surface area contributed by atoms with Crippen LogP contribution < -0.4 is 0 Å². The van der Waals surface area contributed by atoms with Crippen LogP contribution in [-0.2, 0) is 31.9 Å². The van der Waals surface area contributed by atoms with E-state index in [1.54, 1.807) is 0 Å². The number of benzene rings is 2. The van der Waals surface area contributed by atoms with E-state index in [4.69, 9.17) is 9.47 Å². The second kappa shape index (κ2) is 6.87. The van der Waals surface area contributed by atoms with E-state index in [9.17, 15) is 9.59 Å². The van der Waals surface area contributed by atoms with Gasteiger partial charge in [0.05, 0.1) is 0 Å². The van der Waals surface area contributed by atoms with Crippen molar-refractivity contribution in [1.29, 1.82) is 0 Å². The van der Waals surface area contributed by atoms with Crippen LogP contribution in [0.5, 0.6) is 0 Å². The van der Waals surface area contributed by atoms with Gasteiger partial charge in [-0.25, -0.2) is 0 Å². The first-order valence-electron chi connectivity index (χ1n) is 8.05. The molecule has 0 N–H and O–H groups in total. The molecule has 4 bridgehead atoms. The van der Waals surface area contributed by atoms with E-state index in [1.165, 1.54) is 25.0 Å². The van der Waals surface area contributed by atoms with Crippen molar-refractivity contribution < 1.29 is 19.1 Å². The third-order valence-electron chi connectivity index (χ3n) is 4.18. The molecule has 4 aliphatic rings. The van der Waals surface area contributed by atoms with Crippen LogP contribution >= 0.6 is 0 Å². The van der Waals surface area contributed by atoms with Crippen LogP contribution in [0.4, 0.5) is 0 Å². The molecule has 4 heteroatoms. The molecule has 0 aromatic heterocycles. The topological polar surface area (TPSA) is 52.6 Å². The van der Waals surface area contributed by atoms with Crippen molar-refractivity contribution in [2.24, 2.45) is 0 Å². The number of hydrogen-bond donors (Lipinski definition) is 0. The summed E-state index contributed by atoms with van der Waals surface area (Å²) in [5.74, 6) is -0.824. The normalized spacial score (nSPS) is 19.2. The van der Waals surface area contributed by atoms with Gasteiger partial charge in [-0.3, -0.25) is 9.59 Å². The fourth-order valence-electron chi connectivity index (χ4n) is 3.00. The molecule has 0 saturated heterocycles. The lowest BCUT2D eigenvalue weighted by Gasteiger charge is -2.27. The highest BCUT2D eigenvalue weighted by atomic mass is 16.6. The first-order valence-corrected chi connectivity index (χ1v) is 8.05. The van der Waals surface area contributed by atoms with Crippen molar-refractivity contribution in [1.82, 2.24) is 0 Å². The van der Waals surface area contributed by atoms with Crippen molar-refractivity contribution in [3.63, 3.8) is 0 Å². The highest BCUT2D eigenvalue weighted by molar-refractivity contribution is 5.68. The van der Waals surface area contributed by atoms with Crippen LogP contribution in [0.25, 0.3) is 0 Å². The summed E-state index contributed by atoms with van der Waals surface area (Å²) in [5, 5.41) is 0. The second-order valence-corrected chi connectivity index (χ2v) is 6.04. The van der Waals surface area contributed by atoms with Crippen LogP contribution in [0.3, 0.4) is 0 Å². The van der Waals surface area contributed by atoms with Crippen LogP contribution in [0.1, 0.15) is 48.3 Å². The predicted molar refractivity (Wildman–Crippen MR) is 89.3 cm³/mol. The first-order chi connectivity index (χ1) is 11.5. The van der Waals surface area contributed by atoms with Gasteiger partial charge >= 0.3 is 11.9 Å². The minimum absolute atomic E-state index is 0.412. The van der Waals surface area contributed by atoms with Crippen LogP contribution in [0.2, 0.25) is 0 Å². The zero-order chi connectivity index (χ0) is 17.1. The standard InChI is InChI=1S/C20H20O4/c1-13(21)23-19-17-9-5-15(6-10-17)3-4-16-7-11-18(12-8-16)20(19)24-14(2)22/h5-12,19-20H,3-4H2,1-2H3/t19-,20-/m0/s1. The maximum Gasteiger partial charge on any atom is 0.303 e. The van der Waals surface area contributed by atoms with Gasteiger partial charge in [-0.05, 0) is 35.1 Å². The average molecular weight is 324 g/mol. The Hall–Kier alpha value is -2.62. The Morgan fingerprint density at radius 2 is 1.04 bits per heavy atom. The van der Waals surface area contributed by atoms with E-state index in [2.05, 4.69) is 0 Å². The molecule has 24 heavy (non-hydrogen) atoms. The van der Waals surface area contributed by atoms with Gasteiger partial charge < -0.3 is 9.47 Å². The molecule has 0 saturated carbocycles. The third-order valence-corrected chi connectivity index (χ3v) is 4.18. The van der Waals surface area contributed by atoms with Gasteiger partial charge in [-0.15, -0.1) is 0 Å². The lowest BCUT2D eigenvalue weighted by atomic mass is 9.93. The summed E-state index contributed by atoms with van der Waals surface area (Å²) in [7, 11) is 0. The zero-order valence-electron chi connectivity index (χ0n) is 13.8. The number of carbonyl (C=O) groups excluding carboxylic acids is 2. The summed E-state index contributed by atoms with van der Waals surface area (Å²) in [4.78, 5) is 23.2. The highest BCUT2D eigenvalue weighted by Crippen LogP contribution is 2.36. The smallest absolute Gasteiger partial charge is 0.303 e. The zero-order valence-corrected chi connectivity index (χ0v) is 13.8. The molecule has 124 valence electrons. The number of ether oxygens (including phenoxy) is 2. The molecule has 2 atom stereocenters. The van der Waals surface area contributed by atoms with Crippen LogP contribution in [0, 0.1) is 0 Å². The van der Waals surface area contributed by atoms with E-state index < -0.39 is 24.1 Å². The van der Waals surface area contributed by atoms with Crippen molar-refractivity contribution in [2.75, 3.05) is 0 Å². The van der Waals surface area contributed by atoms with Gasteiger partial charge in [-0.2, -0.15) is 0 Å². The van der Waals surface area contributed by atoms with E-state index in [0.29, 0.717) is 0 Å². The number of hydrogen-bond acceptors (Lipinski definition) is 4. The van der Waals surface area contributed by atoms with Crippen molar-refractivity contribution >= 4 is 11.9 Å². The number of rotatable bonds is 2. The Morgan fingerprint density at radius 1 is 0.708 bits per heavy atom. The van der Waals surface area contributed by atoms with Crippen LogP contribution in [0.15, 0.2) is 48.5 Å². The first kappa shape index (κ1) is 16.2. The molecule has 4 nitrogen and oxygen atoms in total. The Labute approximate surface area is 141 Å². The molecule has 0 radical (unpaired) electrons. The monoisotopic (exact) mass is 324 g/mol. The largest absolute Gasteiger partial charge is 0.453 e. The number of aryl methyl sites for hydroxylation is 2. The maximum absolute atomic E-state index is 11.6. The lowest BCUT2D eigenvalue weighted by Crippen LogP contribution is -2.22. The molecule has 4 aliphatic carbocycles. The van der Waals surface area contributed by atoms with Gasteiger partial charge in [0.1, 0.15) is 0 Å². The lowest BCUT2D eigenvalue weighted by molar-refractivity contribution is -0.166. The summed E-state index contributed by atoms with van der Waals surface area (Å²) in [6.45, 7) is 2.72. The van der Waals surface area contributed by atoms with Gasteiger partial charge in [0, 0.05) is 13.8 Å². The maximum atomic E-state index is 11.6. The summed E-state index contributed by atoms with van der Waals surface area (Å²) >= 11 is 0. The van der Waals surface area contributed by atoms with Crippen molar-refractivity contribution in [3.8, 4) is 0 Å². The summed E-state index contributed by atoms with van der Waals surface area (Å²) in [5.41, 5.74) is 4.05. The summed E-state index contributed by atoms with van der Waals surface area (Å²) in [6, 6.07) is 15.9. The molecule has 0 aliphatic heterocycles. The molecule has 0 amide bonds. The second-order valence-electron chi connectivity index (χ2n) is 6.04. The van der Waals surface area contributed by atoms with E-state index in [1.807, 2.05) is 48.5 Å². The van der Waals surface area contributed by atoms with Crippen LogP contribution in [-0.4, -0.2) is 11.9 Å². The van der Waals surface area contributed by atoms with E-state index >= 15 is 0 Å². The highest BCUT2D eigenvalue weighted by Gasteiger charge is 2.30. The molecule has 0 spiro atoms. The fraction of sp³-hybridized carbons (Fsp3) is 0.300. The minimum Gasteiger partial charge on any atom is -0.453 e. The summed E-state index contributed by atoms with van der Waals surface area (Å²) < 4.78 is 11.1. The Balaban J connectivity index is 2.11. The Bertz CT molecular complexity index is 666. The molecule has 2 aromatic rings. The Morgan fingerprint density at radius 3 is 1.33 bits per heavy atom. The molecular formula is C20H20O4.